The first-order valence-electron chi connectivity index (χ1n) is 4.04. The summed E-state index contributed by atoms with van der Waals surface area (Å²) in [5.74, 6) is -1.02. The molecule has 2 N–H and O–H groups in total. The normalized spacial score (nSPS) is 15.9. The molecule has 0 radical (unpaired) electrons. The third kappa shape index (κ3) is 4.79. The van der Waals surface area contributed by atoms with Gasteiger partial charge in [-0.2, -0.15) is 0 Å². The topological polar surface area (TPSA) is 49.3 Å². The lowest BCUT2D eigenvalue weighted by molar-refractivity contribution is -0.140. The molecule has 0 spiro atoms. The van der Waals surface area contributed by atoms with Crippen molar-refractivity contribution in [1.29, 1.82) is 0 Å². The van der Waals surface area contributed by atoms with Crippen LogP contribution >= 0.6 is 0 Å². The van der Waals surface area contributed by atoms with Crippen molar-refractivity contribution in [3.63, 3.8) is 0 Å². The first-order chi connectivity index (χ1) is 5.07. The predicted octanol–water partition coefficient (Wildman–Crippen LogP) is 1.10. The van der Waals surface area contributed by atoms with Crippen LogP contribution in [0, 0.1) is 5.92 Å². The second kappa shape index (κ2) is 5.13. The number of nitrogens with one attached hydrogen (secondary N) is 1. The average molecular weight is 159 g/mol. The van der Waals surface area contributed by atoms with Gasteiger partial charge in [-0.25, -0.2) is 0 Å². The van der Waals surface area contributed by atoms with Gasteiger partial charge in [0, 0.05) is 12.6 Å². The summed E-state index contributed by atoms with van der Waals surface area (Å²) in [5.41, 5.74) is 0. The van der Waals surface area contributed by atoms with Crippen molar-refractivity contribution in [3.05, 3.63) is 0 Å². The van der Waals surface area contributed by atoms with E-state index >= 15 is 0 Å². The van der Waals surface area contributed by atoms with Gasteiger partial charge in [0.1, 0.15) is 0 Å². The second-order valence-electron chi connectivity index (χ2n) is 2.96. The molecule has 0 fully saturated rings. The Kier molecular flexibility index (Phi) is 4.86. The van der Waals surface area contributed by atoms with Crippen LogP contribution in [0.1, 0.15) is 27.2 Å². The lowest BCUT2D eigenvalue weighted by Crippen LogP contribution is -2.32. The van der Waals surface area contributed by atoms with Crippen LogP contribution in [0.2, 0.25) is 0 Å². The quantitative estimate of drug-likeness (QED) is 0.631. The van der Waals surface area contributed by atoms with Crippen molar-refractivity contribution in [2.24, 2.45) is 5.92 Å². The Morgan fingerprint density at radius 3 is 2.45 bits per heavy atom. The van der Waals surface area contributed by atoms with Crippen LogP contribution in [0.5, 0.6) is 0 Å². The van der Waals surface area contributed by atoms with E-state index in [0.29, 0.717) is 12.6 Å². The molecule has 0 aliphatic carbocycles. The summed E-state index contributed by atoms with van der Waals surface area (Å²) >= 11 is 0. The minimum absolute atomic E-state index is 0.288. The van der Waals surface area contributed by atoms with Gasteiger partial charge in [0.2, 0.25) is 0 Å². The average Bonchev–Trinajstić information content (AvgIpc) is 1.99. The molecular formula is C8H17NO2. The second-order valence-corrected chi connectivity index (χ2v) is 2.96. The van der Waals surface area contributed by atoms with Crippen LogP contribution in [0.15, 0.2) is 0 Å². The van der Waals surface area contributed by atoms with E-state index in [0.717, 1.165) is 6.42 Å². The molecular weight excluding hydrogens is 142 g/mol. The SMILES string of the molecule is CCC(C)NCC(C)C(=O)O. The summed E-state index contributed by atoms with van der Waals surface area (Å²) in [6.45, 7) is 6.39. The number of carbonyl (C=O) groups is 1. The number of hydrogen-bond donors (Lipinski definition) is 2. The molecule has 0 aliphatic heterocycles. The molecule has 66 valence electrons. The van der Waals surface area contributed by atoms with Crippen molar-refractivity contribution in [3.8, 4) is 0 Å². The highest BCUT2D eigenvalue weighted by molar-refractivity contribution is 5.69. The van der Waals surface area contributed by atoms with E-state index in [1.807, 2.05) is 0 Å². The molecule has 3 nitrogen and oxygen atoms in total. The maximum atomic E-state index is 10.4. The molecule has 0 heterocycles. The number of aliphatic carboxylic acids is 1. The van der Waals surface area contributed by atoms with Gasteiger partial charge < -0.3 is 10.4 Å². The van der Waals surface area contributed by atoms with Crippen LogP contribution in [0.25, 0.3) is 0 Å². The molecule has 0 saturated heterocycles. The minimum Gasteiger partial charge on any atom is -0.481 e. The van der Waals surface area contributed by atoms with Gasteiger partial charge in [-0.15, -0.1) is 0 Å². The molecule has 11 heavy (non-hydrogen) atoms. The maximum Gasteiger partial charge on any atom is 0.307 e. The predicted molar refractivity (Wildman–Crippen MR) is 44.6 cm³/mol. The largest absolute Gasteiger partial charge is 0.481 e. The Morgan fingerprint density at radius 2 is 2.09 bits per heavy atom. The van der Waals surface area contributed by atoms with Gasteiger partial charge in [-0.1, -0.05) is 13.8 Å². The zero-order valence-electron chi connectivity index (χ0n) is 7.42. The first kappa shape index (κ1) is 10.4. The van der Waals surface area contributed by atoms with E-state index in [1.54, 1.807) is 6.92 Å². The molecule has 0 aromatic rings. The van der Waals surface area contributed by atoms with Crippen LogP contribution in [-0.4, -0.2) is 23.7 Å². The fraction of sp³-hybridized carbons (Fsp3) is 0.875. The zero-order valence-corrected chi connectivity index (χ0v) is 7.42. The summed E-state index contributed by atoms with van der Waals surface area (Å²) in [4.78, 5) is 10.4. The summed E-state index contributed by atoms with van der Waals surface area (Å²) < 4.78 is 0. The van der Waals surface area contributed by atoms with Crippen molar-refractivity contribution in [2.45, 2.75) is 33.2 Å². The molecule has 0 aromatic carbocycles. The fourth-order valence-electron chi connectivity index (χ4n) is 0.610. The van der Waals surface area contributed by atoms with Crippen LogP contribution in [-0.2, 0) is 4.79 Å². The molecule has 0 aromatic heterocycles. The Balaban J connectivity index is 3.45. The van der Waals surface area contributed by atoms with Crippen LogP contribution < -0.4 is 5.32 Å². The Morgan fingerprint density at radius 1 is 1.55 bits per heavy atom. The number of hydrogen-bond acceptors (Lipinski definition) is 2. The Bertz CT molecular complexity index is 125. The van der Waals surface area contributed by atoms with Crippen molar-refractivity contribution >= 4 is 5.97 Å². The van der Waals surface area contributed by atoms with E-state index in [4.69, 9.17) is 5.11 Å². The van der Waals surface area contributed by atoms with Gasteiger partial charge >= 0.3 is 5.97 Å². The van der Waals surface area contributed by atoms with Crippen molar-refractivity contribution in [2.75, 3.05) is 6.54 Å². The molecule has 0 amide bonds. The molecule has 0 saturated carbocycles. The lowest BCUT2D eigenvalue weighted by atomic mass is 10.1. The third-order valence-electron chi connectivity index (χ3n) is 1.81. The lowest BCUT2D eigenvalue weighted by Gasteiger charge is -2.12. The van der Waals surface area contributed by atoms with Crippen LogP contribution in [0.4, 0.5) is 0 Å². The highest BCUT2D eigenvalue weighted by Crippen LogP contribution is 1.94. The standard InChI is InChI=1S/C8H17NO2/c1-4-7(3)9-5-6(2)8(10)11/h6-7,9H,4-5H2,1-3H3,(H,10,11). The third-order valence-corrected chi connectivity index (χ3v) is 1.81. The smallest absolute Gasteiger partial charge is 0.307 e. The van der Waals surface area contributed by atoms with E-state index in [1.165, 1.54) is 0 Å². The molecule has 0 rings (SSSR count). The molecule has 3 heteroatoms. The molecule has 2 unspecified atom stereocenters. The van der Waals surface area contributed by atoms with Gasteiger partial charge in [-0.05, 0) is 13.3 Å². The fourth-order valence-corrected chi connectivity index (χ4v) is 0.610. The van der Waals surface area contributed by atoms with Gasteiger partial charge in [0.05, 0.1) is 5.92 Å². The maximum absolute atomic E-state index is 10.4. The summed E-state index contributed by atoms with van der Waals surface area (Å²) in [5, 5.41) is 11.7. The monoisotopic (exact) mass is 159 g/mol. The number of carboxylic acids is 1. The van der Waals surface area contributed by atoms with E-state index in [2.05, 4.69) is 19.2 Å². The molecule has 0 bridgehead atoms. The zero-order chi connectivity index (χ0) is 8.85. The summed E-state index contributed by atoms with van der Waals surface area (Å²) in [6, 6.07) is 0.414. The highest BCUT2D eigenvalue weighted by Gasteiger charge is 2.10. The minimum atomic E-state index is -0.735. The van der Waals surface area contributed by atoms with E-state index in [-0.39, 0.29) is 5.92 Å². The molecule has 2 atom stereocenters. The summed E-state index contributed by atoms with van der Waals surface area (Å²) in [6.07, 6.45) is 1.03. The Hall–Kier alpha value is -0.570. The van der Waals surface area contributed by atoms with Crippen LogP contribution in [0.3, 0.4) is 0 Å². The van der Waals surface area contributed by atoms with Crippen molar-refractivity contribution in [1.82, 2.24) is 5.32 Å². The first-order valence-corrected chi connectivity index (χ1v) is 4.04. The van der Waals surface area contributed by atoms with E-state index < -0.39 is 5.97 Å². The van der Waals surface area contributed by atoms with E-state index in [9.17, 15) is 4.79 Å². The van der Waals surface area contributed by atoms with Gasteiger partial charge in [0.15, 0.2) is 0 Å². The molecule has 0 aliphatic rings. The Labute approximate surface area is 67.8 Å². The number of carboxylic acid groups (broad SMARTS) is 1. The number of rotatable bonds is 5. The van der Waals surface area contributed by atoms with Gasteiger partial charge in [-0.3, -0.25) is 4.79 Å². The van der Waals surface area contributed by atoms with Gasteiger partial charge in [0.25, 0.3) is 0 Å². The highest BCUT2D eigenvalue weighted by atomic mass is 16.4. The van der Waals surface area contributed by atoms with Crippen molar-refractivity contribution < 1.29 is 9.90 Å². The summed E-state index contributed by atoms with van der Waals surface area (Å²) in [7, 11) is 0.